The third kappa shape index (κ3) is 5.27. The van der Waals surface area contributed by atoms with Crippen LogP contribution in [0.2, 0.25) is 0 Å². The van der Waals surface area contributed by atoms with Gasteiger partial charge in [-0.25, -0.2) is 4.79 Å². The minimum absolute atomic E-state index is 0.0331. The molecule has 2 rings (SSSR count). The second-order valence-electron chi connectivity index (χ2n) is 5.14. The number of carbonyl (C=O) groups is 2. The fourth-order valence-electron chi connectivity index (χ4n) is 1.99. The van der Waals surface area contributed by atoms with Crippen molar-refractivity contribution in [2.24, 2.45) is 0 Å². The molecule has 0 aliphatic carbocycles. The Morgan fingerprint density at radius 1 is 1.15 bits per heavy atom. The van der Waals surface area contributed by atoms with Gasteiger partial charge in [-0.3, -0.25) is 4.79 Å². The molecule has 0 bridgehead atoms. The van der Waals surface area contributed by atoms with Crippen LogP contribution in [0.1, 0.15) is 22.8 Å². The number of amides is 1. The first kappa shape index (κ1) is 18.9. The van der Waals surface area contributed by atoms with E-state index in [1.807, 2.05) is 6.07 Å². The summed E-state index contributed by atoms with van der Waals surface area (Å²) >= 11 is 0. The van der Waals surface area contributed by atoms with Crippen molar-refractivity contribution < 1.29 is 27.8 Å². The predicted octanol–water partition coefficient (Wildman–Crippen LogP) is 3.34. The van der Waals surface area contributed by atoms with E-state index in [0.29, 0.717) is 11.3 Å². The lowest BCUT2D eigenvalue weighted by atomic mass is 10.2. The first-order valence-corrected chi connectivity index (χ1v) is 7.46. The Morgan fingerprint density at radius 3 is 2.58 bits per heavy atom. The highest BCUT2D eigenvalue weighted by Crippen LogP contribution is 2.17. The molecule has 0 aliphatic heterocycles. The first-order chi connectivity index (χ1) is 12.4. The van der Waals surface area contributed by atoms with Gasteiger partial charge < -0.3 is 14.8 Å². The fourth-order valence-corrected chi connectivity index (χ4v) is 1.99. The van der Waals surface area contributed by atoms with Crippen molar-refractivity contribution >= 4 is 17.6 Å². The quantitative estimate of drug-likeness (QED) is 0.798. The van der Waals surface area contributed by atoms with Crippen LogP contribution in [0.15, 0.2) is 48.5 Å². The van der Waals surface area contributed by atoms with Gasteiger partial charge in [0.2, 0.25) is 0 Å². The highest BCUT2D eigenvalue weighted by molar-refractivity contribution is 5.97. The van der Waals surface area contributed by atoms with Crippen LogP contribution >= 0.6 is 0 Å². The molecular formula is C18H14F2N2O4. The molecule has 0 radical (unpaired) electrons. The van der Waals surface area contributed by atoms with Crippen molar-refractivity contribution in [3.8, 4) is 11.8 Å². The molecule has 26 heavy (non-hydrogen) atoms. The van der Waals surface area contributed by atoms with Crippen LogP contribution in [-0.4, -0.2) is 24.6 Å². The van der Waals surface area contributed by atoms with Crippen LogP contribution in [-0.2, 0) is 9.53 Å². The Kier molecular flexibility index (Phi) is 6.22. The number of nitrogens with zero attached hydrogens (tertiary/aromatic N) is 1. The molecule has 1 atom stereocenters. The van der Waals surface area contributed by atoms with E-state index >= 15 is 0 Å². The Bertz CT molecular complexity index is 849. The zero-order chi connectivity index (χ0) is 19.1. The summed E-state index contributed by atoms with van der Waals surface area (Å²) in [6.45, 7) is -1.66. The number of anilines is 1. The second-order valence-corrected chi connectivity index (χ2v) is 5.14. The van der Waals surface area contributed by atoms with Crippen molar-refractivity contribution in [2.75, 3.05) is 5.32 Å². The molecule has 0 unspecified atom stereocenters. The van der Waals surface area contributed by atoms with Crippen molar-refractivity contribution in [1.82, 2.24) is 0 Å². The van der Waals surface area contributed by atoms with Crippen LogP contribution in [0.25, 0.3) is 0 Å². The largest absolute Gasteiger partial charge is 0.449 e. The molecule has 0 spiro atoms. The molecule has 2 aromatic rings. The summed E-state index contributed by atoms with van der Waals surface area (Å²) in [5, 5.41) is 11.4. The summed E-state index contributed by atoms with van der Waals surface area (Å²) < 4.78 is 33.7. The van der Waals surface area contributed by atoms with Crippen LogP contribution in [0, 0.1) is 11.3 Å². The molecular weight excluding hydrogens is 346 g/mol. The summed E-state index contributed by atoms with van der Waals surface area (Å²) in [4.78, 5) is 24.2. The van der Waals surface area contributed by atoms with Gasteiger partial charge in [0.1, 0.15) is 5.75 Å². The minimum Gasteiger partial charge on any atom is -0.449 e. The van der Waals surface area contributed by atoms with Gasteiger partial charge in [0, 0.05) is 5.69 Å². The van der Waals surface area contributed by atoms with Crippen molar-refractivity contribution in [3.63, 3.8) is 0 Å². The monoisotopic (exact) mass is 360 g/mol. The number of ether oxygens (including phenoxy) is 2. The Morgan fingerprint density at radius 2 is 1.88 bits per heavy atom. The summed E-state index contributed by atoms with van der Waals surface area (Å²) in [5.41, 5.74) is 0.710. The van der Waals surface area contributed by atoms with Crippen LogP contribution in [0.5, 0.6) is 5.75 Å². The normalized spacial score (nSPS) is 11.3. The summed E-state index contributed by atoms with van der Waals surface area (Å²) in [6.07, 6.45) is -1.15. The Labute approximate surface area is 148 Å². The molecule has 0 aromatic heterocycles. The highest BCUT2D eigenvalue weighted by Gasteiger charge is 2.20. The summed E-state index contributed by atoms with van der Waals surface area (Å²) in [5.74, 6) is -1.66. The number of nitrogens with one attached hydrogen (secondary N) is 1. The van der Waals surface area contributed by atoms with Gasteiger partial charge in [0.05, 0.1) is 17.2 Å². The number of nitriles is 1. The van der Waals surface area contributed by atoms with Gasteiger partial charge in [-0.15, -0.1) is 0 Å². The van der Waals surface area contributed by atoms with Crippen molar-refractivity contribution in [3.05, 3.63) is 59.7 Å². The fraction of sp³-hybridized carbons (Fsp3) is 0.167. The average molecular weight is 360 g/mol. The molecule has 2 aromatic carbocycles. The molecule has 0 fully saturated rings. The Balaban J connectivity index is 1.99. The SMILES string of the molecule is C[C@@H](OC(=O)c1cccc(OC(F)F)c1)C(=O)Nc1cccc(C#N)c1. The molecule has 0 aliphatic rings. The number of rotatable bonds is 6. The van der Waals surface area contributed by atoms with E-state index in [2.05, 4.69) is 10.1 Å². The van der Waals surface area contributed by atoms with E-state index in [4.69, 9.17) is 10.00 Å². The molecule has 1 N–H and O–H groups in total. The van der Waals surface area contributed by atoms with E-state index in [-0.39, 0.29) is 11.3 Å². The lowest BCUT2D eigenvalue weighted by molar-refractivity contribution is -0.123. The maximum Gasteiger partial charge on any atom is 0.387 e. The third-order valence-electron chi connectivity index (χ3n) is 3.21. The van der Waals surface area contributed by atoms with Crippen LogP contribution in [0.4, 0.5) is 14.5 Å². The maximum atomic E-state index is 12.2. The van der Waals surface area contributed by atoms with Gasteiger partial charge in [-0.05, 0) is 43.3 Å². The molecule has 0 saturated carbocycles. The van der Waals surface area contributed by atoms with Gasteiger partial charge in [-0.1, -0.05) is 12.1 Å². The molecule has 1 amide bonds. The number of alkyl halides is 2. The zero-order valence-electron chi connectivity index (χ0n) is 13.6. The smallest absolute Gasteiger partial charge is 0.387 e. The topological polar surface area (TPSA) is 88.4 Å². The van der Waals surface area contributed by atoms with Crippen LogP contribution < -0.4 is 10.1 Å². The number of benzene rings is 2. The molecule has 6 nitrogen and oxygen atoms in total. The summed E-state index contributed by atoms with van der Waals surface area (Å²) in [7, 11) is 0. The molecule has 8 heteroatoms. The Hall–Kier alpha value is -3.47. The maximum absolute atomic E-state index is 12.2. The lowest BCUT2D eigenvalue weighted by Gasteiger charge is -2.14. The average Bonchev–Trinajstić information content (AvgIpc) is 2.61. The predicted molar refractivity (Wildman–Crippen MR) is 87.7 cm³/mol. The standard InChI is InChI=1S/C18H14F2N2O4/c1-11(16(23)22-14-6-2-4-12(8-14)10-21)25-17(24)13-5-3-7-15(9-13)26-18(19)20/h2-9,11,18H,1H3,(H,22,23)/t11-/m1/s1. The van der Waals surface area contributed by atoms with E-state index in [9.17, 15) is 18.4 Å². The first-order valence-electron chi connectivity index (χ1n) is 7.46. The number of hydrogen-bond acceptors (Lipinski definition) is 5. The van der Waals surface area contributed by atoms with Gasteiger partial charge in [-0.2, -0.15) is 14.0 Å². The van der Waals surface area contributed by atoms with Crippen LogP contribution in [0.3, 0.4) is 0 Å². The third-order valence-corrected chi connectivity index (χ3v) is 3.21. The van der Waals surface area contributed by atoms with Crippen molar-refractivity contribution in [2.45, 2.75) is 19.6 Å². The number of carbonyl (C=O) groups excluding carboxylic acids is 2. The van der Waals surface area contributed by atoms with Gasteiger partial charge in [0.15, 0.2) is 6.10 Å². The number of halogens is 2. The minimum atomic E-state index is -3.02. The molecule has 0 saturated heterocycles. The van der Waals surface area contributed by atoms with E-state index in [0.717, 1.165) is 6.07 Å². The van der Waals surface area contributed by atoms with E-state index in [1.54, 1.807) is 18.2 Å². The van der Waals surface area contributed by atoms with Crippen molar-refractivity contribution in [1.29, 1.82) is 5.26 Å². The van der Waals surface area contributed by atoms with Gasteiger partial charge >= 0.3 is 12.6 Å². The zero-order valence-corrected chi connectivity index (χ0v) is 13.6. The van der Waals surface area contributed by atoms with E-state index in [1.165, 1.54) is 31.2 Å². The molecule has 134 valence electrons. The van der Waals surface area contributed by atoms with Gasteiger partial charge in [0.25, 0.3) is 5.91 Å². The summed E-state index contributed by atoms with van der Waals surface area (Å²) in [6, 6.07) is 13.2. The number of hydrogen-bond donors (Lipinski definition) is 1. The highest BCUT2D eigenvalue weighted by atomic mass is 19.3. The second kappa shape index (κ2) is 8.58. The van der Waals surface area contributed by atoms with E-state index < -0.39 is 24.6 Å². The number of esters is 1. The lowest BCUT2D eigenvalue weighted by Crippen LogP contribution is -2.30. The molecule has 0 heterocycles.